The maximum absolute atomic E-state index is 13.2. The van der Waals surface area contributed by atoms with Gasteiger partial charge in [0.25, 0.3) is 0 Å². The van der Waals surface area contributed by atoms with Crippen molar-refractivity contribution in [2.75, 3.05) is 11.1 Å². The summed E-state index contributed by atoms with van der Waals surface area (Å²) in [6, 6.07) is 3.66. The predicted molar refractivity (Wildman–Crippen MR) is 58.0 cm³/mol. The lowest BCUT2D eigenvalue weighted by Gasteiger charge is -2.06. The molecule has 0 atom stereocenters. The van der Waals surface area contributed by atoms with Gasteiger partial charge in [0.1, 0.15) is 0 Å². The summed E-state index contributed by atoms with van der Waals surface area (Å²) in [4.78, 5) is 11.2. The highest BCUT2D eigenvalue weighted by atomic mass is 19.1. The Bertz CT molecular complexity index is 474. The fourth-order valence-electron chi connectivity index (χ4n) is 1.19. The Hall–Kier alpha value is -2.24. The highest BCUT2D eigenvalue weighted by molar-refractivity contribution is 5.39. The highest BCUT2D eigenvalue weighted by Crippen LogP contribution is 2.11. The number of nitrogens with one attached hydrogen (secondary N) is 1. The second-order valence-corrected chi connectivity index (χ2v) is 3.13. The van der Waals surface area contributed by atoms with Gasteiger partial charge in [-0.3, -0.25) is 4.98 Å². The zero-order valence-corrected chi connectivity index (χ0v) is 8.39. The molecule has 0 fully saturated rings. The first-order valence-electron chi connectivity index (χ1n) is 4.66. The van der Waals surface area contributed by atoms with E-state index in [0.717, 1.165) is 11.8 Å². The van der Waals surface area contributed by atoms with Crippen LogP contribution in [0.5, 0.6) is 0 Å². The maximum atomic E-state index is 13.2. The van der Waals surface area contributed by atoms with Crippen molar-refractivity contribution in [3.63, 3.8) is 0 Å². The van der Waals surface area contributed by atoms with Crippen LogP contribution in [0.1, 0.15) is 5.56 Å². The van der Waals surface area contributed by atoms with Gasteiger partial charge >= 0.3 is 0 Å². The maximum Gasteiger partial charge on any atom is 0.222 e. The molecule has 2 aromatic rings. The number of nitrogens with zero attached hydrogens (tertiary/aromatic N) is 3. The highest BCUT2D eigenvalue weighted by Gasteiger charge is 2.04. The molecule has 16 heavy (non-hydrogen) atoms. The van der Waals surface area contributed by atoms with E-state index in [1.807, 2.05) is 12.1 Å². The molecule has 0 aromatic carbocycles. The van der Waals surface area contributed by atoms with Gasteiger partial charge in [-0.15, -0.1) is 0 Å². The topological polar surface area (TPSA) is 76.7 Å². The number of halogens is 1. The van der Waals surface area contributed by atoms with Crippen LogP contribution in [-0.2, 0) is 6.54 Å². The molecule has 2 heterocycles. The van der Waals surface area contributed by atoms with Gasteiger partial charge in [-0.25, -0.2) is 9.37 Å². The first kappa shape index (κ1) is 10.3. The Labute approximate surface area is 91.6 Å². The number of hydrogen-bond donors (Lipinski definition) is 2. The smallest absolute Gasteiger partial charge is 0.222 e. The lowest BCUT2D eigenvalue weighted by molar-refractivity contribution is 0.617. The van der Waals surface area contributed by atoms with Crippen molar-refractivity contribution in [2.24, 2.45) is 0 Å². The van der Waals surface area contributed by atoms with Gasteiger partial charge in [0, 0.05) is 18.9 Å². The molecule has 0 aliphatic heterocycles. The van der Waals surface area contributed by atoms with E-state index in [0.29, 0.717) is 6.54 Å². The van der Waals surface area contributed by atoms with Crippen molar-refractivity contribution in [3.05, 3.63) is 42.1 Å². The van der Waals surface area contributed by atoms with Crippen LogP contribution in [0.25, 0.3) is 0 Å². The number of hydrogen-bond acceptors (Lipinski definition) is 5. The molecule has 0 radical (unpaired) electrons. The van der Waals surface area contributed by atoms with Crippen LogP contribution in [-0.4, -0.2) is 15.0 Å². The number of aromatic nitrogens is 3. The van der Waals surface area contributed by atoms with Crippen molar-refractivity contribution < 1.29 is 4.39 Å². The predicted octanol–water partition coefficient (Wildman–Crippen LogP) is 1.20. The van der Waals surface area contributed by atoms with Crippen LogP contribution in [0.15, 0.2) is 30.7 Å². The molecule has 5 nitrogen and oxygen atoms in total. The van der Waals surface area contributed by atoms with Gasteiger partial charge in [0.2, 0.25) is 5.95 Å². The molecule has 82 valence electrons. The Kier molecular flexibility index (Phi) is 2.90. The molecule has 0 spiro atoms. The van der Waals surface area contributed by atoms with E-state index in [2.05, 4.69) is 20.3 Å². The quantitative estimate of drug-likeness (QED) is 0.811. The van der Waals surface area contributed by atoms with Crippen LogP contribution >= 0.6 is 0 Å². The van der Waals surface area contributed by atoms with Gasteiger partial charge in [0.15, 0.2) is 11.6 Å². The summed E-state index contributed by atoms with van der Waals surface area (Å²) in [5, 5.41) is 2.84. The zero-order chi connectivity index (χ0) is 11.4. The van der Waals surface area contributed by atoms with E-state index < -0.39 is 5.82 Å². The van der Waals surface area contributed by atoms with E-state index in [9.17, 15) is 4.39 Å². The Morgan fingerprint density at radius 1 is 1.31 bits per heavy atom. The number of anilines is 2. The second kappa shape index (κ2) is 4.52. The minimum Gasteiger partial charge on any atom is -0.368 e. The number of nitrogens with two attached hydrogens (primary N) is 1. The minimum absolute atomic E-state index is 0.0404. The molecule has 0 unspecified atom stereocenters. The van der Waals surface area contributed by atoms with Gasteiger partial charge < -0.3 is 11.1 Å². The van der Waals surface area contributed by atoms with Crippen LogP contribution < -0.4 is 11.1 Å². The normalized spacial score (nSPS) is 10.1. The van der Waals surface area contributed by atoms with E-state index in [1.165, 1.54) is 0 Å². The van der Waals surface area contributed by atoms with Gasteiger partial charge in [0.05, 0.1) is 6.20 Å². The largest absolute Gasteiger partial charge is 0.368 e. The van der Waals surface area contributed by atoms with Gasteiger partial charge in [-0.05, 0) is 17.7 Å². The third-order valence-electron chi connectivity index (χ3n) is 1.97. The van der Waals surface area contributed by atoms with Gasteiger partial charge in [-0.2, -0.15) is 4.98 Å². The van der Waals surface area contributed by atoms with Gasteiger partial charge in [-0.1, -0.05) is 0 Å². The van der Waals surface area contributed by atoms with Crippen LogP contribution in [0.2, 0.25) is 0 Å². The SMILES string of the molecule is Nc1ncc(F)c(NCc2ccncc2)n1. The average molecular weight is 219 g/mol. The summed E-state index contributed by atoms with van der Waals surface area (Å²) in [6.45, 7) is 0.454. The summed E-state index contributed by atoms with van der Waals surface area (Å²) in [6.07, 6.45) is 4.38. The first-order valence-corrected chi connectivity index (χ1v) is 4.66. The fourth-order valence-corrected chi connectivity index (χ4v) is 1.19. The third kappa shape index (κ3) is 2.41. The van der Waals surface area contributed by atoms with E-state index >= 15 is 0 Å². The summed E-state index contributed by atoms with van der Waals surface area (Å²) >= 11 is 0. The van der Waals surface area contributed by atoms with Crippen molar-refractivity contribution in [3.8, 4) is 0 Å². The molecule has 2 rings (SSSR count). The van der Waals surface area contributed by atoms with Crippen LogP contribution in [0.4, 0.5) is 16.2 Å². The number of rotatable bonds is 3. The Balaban J connectivity index is 2.08. The number of pyridine rings is 1. The van der Waals surface area contributed by atoms with Crippen molar-refractivity contribution in [1.29, 1.82) is 0 Å². The molecule has 0 saturated heterocycles. The first-order chi connectivity index (χ1) is 7.75. The van der Waals surface area contributed by atoms with E-state index in [1.54, 1.807) is 12.4 Å². The third-order valence-corrected chi connectivity index (χ3v) is 1.97. The van der Waals surface area contributed by atoms with Crippen molar-refractivity contribution >= 4 is 11.8 Å². The zero-order valence-electron chi connectivity index (χ0n) is 8.39. The monoisotopic (exact) mass is 219 g/mol. The molecule has 6 heteroatoms. The molecule has 3 N–H and O–H groups in total. The molecular formula is C10H10FN5. The van der Waals surface area contributed by atoms with E-state index in [4.69, 9.17) is 5.73 Å². The van der Waals surface area contributed by atoms with Crippen molar-refractivity contribution in [1.82, 2.24) is 15.0 Å². The minimum atomic E-state index is -0.525. The lowest BCUT2D eigenvalue weighted by atomic mass is 10.3. The lowest BCUT2D eigenvalue weighted by Crippen LogP contribution is -2.06. The second-order valence-electron chi connectivity index (χ2n) is 3.13. The molecule has 0 bridgehead atoms. The standard InChI is InChI=1S/C10H10FN5/c11-8-6-15-10(12)16-9(8)14-5-7-1-3-13-4-2-7/h1-4,6H,5H2,(H3,12,14,15,16). The van der Waals surface area contributed by atoms with Crippen LogP contribution in [0.3, 0.4) is 0 Å². The summed E-state index contributed by atoms with van der Waals surface area (Å²) in [7, 11) is 0. The van der Waals surface area contributed by atoms with Crippen molar-refractivity contribution in [2.45, 2.75) is 6.54 Å². The molecule has 0 saturated carbocycles. The summed E-state index contributed by atoms with van der Waals surface area (Å²) in [5.74, 6) is -0.383. The Morgan fingerprint density at radius 3 is 2.81 bits per heavy atom. The average Bonchev–Trinajstić information content (AvgIpc) is 2.32. The molecule has 0 aliphatic carbocycles. The number of nitrogen functional groups attached to an aromatic ring is 1. The van der Waals surface area contributed by atoms with E-state index in [-0.39, 0.29) is 11.8 Å². The van der Waals surface area contributed by atoms with Crippen LogP contribution in [0, 0.1) is 5.82 Å². The Morgan fingerprint density at radius 2 is 2.06 bits per heavy atom. The summed E-state index contributed by atoms with van der Waals surface area (Å²) < 4.78 is 13.2. The molecule has 2 aromatic heterocycles. The molecule has 0 aliphatic rings. The molecule has 0 amide bonds. The fraction of sp³-hybridized carbons (Fsp3) is 0.100. The molecular weight excluding hydrogens is 209 g/mol. The summed E-state index contributed by atoms with van der Waals surface area (Å²) in [5.41, 5.74) is 6.34.